The topological polar surface area (TPSA) is 135 Å². The highest BCUT2D eigenvalue weighted by Gasteiger charge is 2.57. The Bertz CT molecular complexity index is 482. The summed E-state index contributed by atoms with van der Waals surface area (Å²) in [5.41, 5.74) is 5.27. The van der Waals surface area contributed by atoms with Crippen molar-refractivity contribution in [3.63, 3.8) is 0 Å². The molecule has 1 aliphatic rings. The molecule has 1 unspecified atom stereocenters. The van der Waals surface area contributed by atoms with Crippen molar-refractivity contribution in [3.8, 4) is 0 Å². The van der Waals surface area contributed by atoms with Crippen LogP contribution in [0.4, 0.5) is 0 Å². The number of nitrogens with two attached hydrogens (primary N) is 1. The normalized spacial score (nSPS) is 25.4. The van der Waals surface area contributed by atoms with Crippen LogP contribution in [-0.4, -0.2) is 36.1 Å². The van der Waals surface area contributed by atoms with Gasteiger partial charge in [-0.25, -0.2) is 0 Å². The zero-order valence-electron chi connectivity index (χ0n) is 7.31. The Labute approximate surface area is 86.8 Å². The van der Waals surface area contributed by atoms with Gasteiger partial charge in [0.25, 0.3) is 24.3 Å². The van der Waals surface area contributed by atoms with Crippen LogP contribution in [0, 0.1) is 0 Å². The Morgan fingerprint density at radius 2 is 1.53 bits per heavy atom. The highest BCUT2D eigenvalue weighted by atomic mass is 32.3. The minimum absolute atomic E-state index is 0.627. The van der Waals surface area contributed by atoms with E-state index in [0.29, 0.717) is 6.08 Å². The molecule has 0 aromatic rings. The fraction of sp³-hybridized carbons (Fsp3) is 0.333. The highest BCUT2D eigenvalue weighted by Crippen LogP contribution is 2.31. The minimum Gasteiger partial charge on any atom is -0.322 e. The second-order valence-electron chi connectivity index (χ2n) is 2.94. The largest absolute Gasteiger partial charge is 0.322 e. The summed E-state index contributed by atoms with van der Waals surface area (Å²) in [6.45, 7) is 0. The Morgan fingerprint density at radius 1 is 1.07 bits per heavy atom. The van der Waals surface area contributed by atoms with Gasteiger partial charge in [-0.2, -0.15) is 16.8 Å². The predicted octanol–water partition coefficient (Wildman–Crippen LogP) is -1.09. The molecule has 0 fully saturated rings. The lowest BCUT2D eigenvalue weighted by Gasteiger charge is -2.29. The van der Waals surface area contributed by atoms with Crippen molar-refractivity contribution in [2.45, 2.75) is 10.1 Å². The zero-order chi connectivity index (χ0) is 11.9. The molecule has 0 saturated heterocycles. The Morgan fingerprint density at radius 3 is 1.80 bits per heavy atom. The van der Waals surface area contributed by atoms with E-state index in [2.05, 4.69) is 0 Å². The van der Waals surface area contributed by atoms with Crippen LogP contribution in [0.2, 0.25) is 0 Å². The smallest absolute Gasteiger partial charge is 0.293 e. The Hall–Kier alpha value is -0.740. The van der Waals surface area contributed by atoms with Crippen molar-refractivity contribution in [3.05, 3.63) is 24.3 Å². The molecule has 15 heavy (non-hydrogen) atoms. The molecule has 0 aliphatic heterocycles. The highest BCUT2D eigenvalue weighted by molar-refractivity contribution is 8.05. The molecule has 0 spiro atoms. The zero-order valence-corrected chi connectivity index (χ0v) is 8.94. The van der Waals surface area contributed by atoms with Crippen LogP contribution in [0.25, 0.3) is 0 Å². The van der Waals surface area contributed by atoms with Gasteiger partial charge >= 0.3 is 0 Å². The summed E-state index contributed by atoms with van der Waals surface area (Å²) < 4.78 is 58.9. The van der Waals surface area contributed by atoms with Gasteiger partial charge in [0, 0.05) is 0 Å². The summed E-state index contributed by atoms with van der Waals surface area (Å²) in [4.78, 5) is 0. The van der Waals surface area contributed by atoms with E-state index in [4.69, 9.17) is 14.8 Å². The van der Waals surface area contributed by atoms with Gasteiger partial charge in [-0.3, -0.25) is 9.11 Å². The first-order valence-corrected chi connectivity index (χ1v) is 6.56. The van der Waals surface area contributed by atoms with Crippen molar-refractivity contribution in [2.75, 3.05) is 0 Å². The van der Waals surface area contributed by atoms with Crippen LogP contribution < -0.4 is 5.73 Å². The Balaban J connectivity index is 3.61. The summed E-state index contributed by atoms with van der Waals surface area (Å²) in [6.07, 6.45) is 4.04. The monoisotopic (exact) mass is 255 g/mol. The van der Waals surface area contributed by atoms with Gasteiger partial charge in [0.15, 0.2) is 0 Å². The molecule has 0 bridgehead atoms. The predicted molar refractivity (Wildman–Crippen MR) is 52.1 cm³/mol. The van der Waals surface area contributed by atoms with Crippen LogP contribution in [-0.2, 0) is 20.2 Å². The number of rotatable bonds is 2. The molecule has 7 nitrogen and oxygen atoms in total. The van der Waals surface area contributed by atoms with E-state index in [1.165, 1.54) is 6.08 Å². The molecule has 1 atom stereocenters. The third-order valence-electron chi connectivity index (χ3n) is 2.03. The van der Waals surface area contributed by atoms with E-state index in [-0.39, 0.29) is 0 Å². The van der Waals surface area contributed by atoms with Crippen LogP contribution in [0.15, 0.2) is 24.3 Å². The quantitative estimate of drug-likeness (QED) is 0.533. The lowest BCUT2D eigenvalue weighted by Crippen LogP contribution is -2.57. The van der Waals surface area contributed by atoms with Gasteiger partial charge in [0.1, 0.15) is 0 Å². The molecule has 1 aliphatic carbocycles. The number of hydrogen-bond donors (Lipinski definition) is 3. The lowest BCUT2D eigenvalue weighted by atomic mass is 10.1. The molecule has 9 heteroatoms. The van der Waals surface area contributed by atoms with Crippen LogP contribution in [0.1, 0.15) is 0 Å². The first-order chi connectivity index (χ1) is 6.63. The third kappa shape index (κ3) is 1.72. The van der Waals surface area contributed by atoms with E-state index in [1.807, 2.05) is 0 Å². The SMILES string of the molecule is NC1C=CC=CC1(S(=O)(=O)O)S(=O)(=O)O. The van der Waals surface area contributed by atoms with E-state index in [1.54, 1.807) is 0 Å². The van der Waals surface area contributed by atoms with Crippen LogP contribution in [0.5, 0.6) is 0 Å². The number of allylic oxidation sites excluding steroid dienone is 2. The molecule has 0 radical (unpaired) electrons. The van der Waals surface area contributed by atoms with Crippen LogP contribution >= 0.6 is 0 Å². The van der Waals surface area contributed by atoms with Gasteiger partial charge in [-0.05, 0) is 6.08 Å². The van der Waals surface area contributed by atoms with Gasteiger partial charge in [0.2, 0.25) is 0 Å². The summed E-state index contributed by atoms with van der Waals surface area (Å²) in [5, 5.41) is 0. The fourth-order valence-corrected chi connectivity index (χ4v) is 3.68. The maximum absolute atomic E-state index is 11.0. The number of hydrogen-bond acceptors (Lipinski definition) is 5. The van der Waals surface area contributed by atoms with Crippen molar-refractivity contribution in [1.29, 1.82) is 0 Å². The van der Waals surface area contributed by atoms with Gasteiger partial charge in [-0.1, -0.05) is 18.2 Å². The maximum Gasteiger partial charge on any atom is 0.293 e. The van der Waals surface area contributed by atoms with E-state index < -0.39 is 30.4 Å². The molecule has 0 aromatic carbocycles. The molecule has 86 valence electrons. The first-order valence-electron chi connectivity index (χ1n) is 3.68. The molecule has 0 saturated carbocycles. The molecule has 0 aromatic heterocycles. The molecular weight excluding hydrogens is 246 g/mol. The summed E-state index contributed by atoms with van der Waals surface area (Å²) in [6, 6.07) is -1.58. The summed E-state index contributed by atoms with van der Waals surface area (Å²) in [5.74, 6) is 0. The lowest BCUT2D eigenvalue weighted by molar-refractivity contribution is 0.429. The van der Waals surface area contributed by atoms with Crippen molar-refractivity contribution in [2.24, 2.45) is 5.73 Å². The molecule has 4 N–H and O–H groups in total. The molecular formula is C6H9NO6S2. The van der Waals surface area contributed by atoms with E-state index in [9.17, 15) is 16.8 Å². The summed E-state index contributed by atoms with van der Waals surface area (Å²) in [7, 11) is -10.2. The molecule has 0 heterocycles. The van der Waals surface area contributed by atoms with Crippen LogP contribution in [0.3, 0.4) is 0 Å². The van der Waals surface area contributed by atoms with E-state index >= 15 is 0 Å². The average Bonchev–Trinajstić information content (AvgIpc) is 2.00. The molecule has 0 amide bonds. The van der Waals surface area contributed by atoms with Crippen molar-refractivity contribution < 1.29 is 25.9 Å². The molecule has 1 rings (SSSR count). The fourth-order valence-electron chi connectivity index (χ4n) is 1.27. The average molecular weight is 255 g/mol. The van der Waals surface area contributed by atoms with Gasteiger partial charge < -0.3 is 5.73 Å². The minimum atomic E-state index is -5.10. The Kier molecular flexibility index (Phi) is 2.78. The van der Waals surface area contributed by atoms with Gasteiger partial charge in [-0.15, -0.1) is 0 Å². The van der Waals surface area contributed by atoms with Gasteiger partial charge in [0.05, 0.1) is 6.04 Å². The second-order valence-corrected chi connectivity index (χ2v) is 6.45. The van der Waals surface area contributed by atoms with Crippen molar-refractivity contribution in [1.82, 2.24) is 0 Å². The summed E-state index contributed by atoms with van der Waals surface area (Å²) >= 11 is 0. The third-order valence-corrected chi connectivity index (χ3v) is 5.72. The first kappa shape index (κ1) is 12.3. The van der Waals surface area contributed by atoms with Crippen molar-refractivity contribution >= 4 is 20.2 Å². The second kappa shape index (κ2) is 3.39. The maximum atomic E-state index is 11.0. The van der Waals surface area contributed by atoms with E-state index in [0.717, 1.165) is 12.2 Å². The standard InChI is InChI=1S/C6H9NO6S2/c7-5-3-1-2-4-6(5,14(8,9)10)15(11,12)13/h1-5H,7H2,(H,8,9,10)(H,11,12,13).